The predicted molar refractivity (Wildman–Crippen MR) is 97.8 cm³/mol. The minimum atomic E-state index is 0.148. The second kappa shape index (κ2) is 9.20. The van der Waals surface area contributed by atoms with Gasteiger partial charge in [0.25, 0.3) is 0 Å². The van der Waals surface area contributed by atoms with Crippen LogP contribution in [-0.2, 0) is 16.0 Å². The number of methoxy groups -OCH3 is 1. The van der Waals surface area contributed by atoms with Crippen LogP contribution in [0.3, 0.4) is 0 Å². The molecule has 0 aliphatic carbocycles. The van der Waals surface area contributed by atoms with E-state index in [9.17, 15) is 4.79 Å². The minimum absolute atomic E-state index is 0.148. The van der Waals surface area contributed by atoms with Crippen LogP contribution in [0, 0.1) is 11.8 Å². The molecule has 2 aliphatic heterocycles. The number of carbonyl (C=O) groups excluding carboxylic acids is 1. The lowest BCUT2D eigenvalue weighted by atomic mass is 9.90. The fraction of sp³-hybridized carbons (Fsp3) is 0.650. The van der Waals surface area contributed by atoms with Crippen LogP contribution in [0.4, 0.5) is 0 Å². The molecule has 0 radical (unpaired) electrons. The molecular formula is C20H30N2O3. The highest BCUT2D eigenvalue weighted by Crippen LogP contribution is 2.26. The smallest absolute Gasteiger partial charge is 0.234 e. The SMILES string of the molecule is COc1ccccc1CC1CCN(CC(=O)NC[C@@H]2CCOC2)CC1. The number of ether oxygens (including phenoxy) is 2. The normalized spacial score (nSPS) is 22.0. The molecule has 25 heavy (non-hydrogen) atoms. The van der Waals surface area contributed by atoms with Crippen molar-refractivity contribution in [2.75, 3.05) is 46.5 Å². The number of nitrogens with zero attached hydrogens (tertiary/aromatic N) is 1. The Bertz CT molecular complexity index is 550. The molecule has 1 N–H and O–H groups in total. The maximum atomic E-state index is 12.1. The number of benzene rings is 1. The van der Waals surface area contributed by atoms with Crippen molar-refractivity contribution < 1.29 is 14.3 Å². The Hall–Kier alpha value is -1.59. The molecule has 5 heteroatoms. The highest BCUT2D eigenvalue weighted by Gasteiger charge is 2.22. The number of nitrogens with one attached hydrogen (secondary N) is 1. The Kier molecular flexibility index (Phi) is 6.70. The van der Waals surface area contributed by atoms with Crippen molar-refractivity contribution in [3.05, 3.63) is 29.8 Å². The molecule has 3 rings (SSSR count). The Morgan fingerprint density at radius 2 is 2.04 bits per heavy atom. The molecular weight excluding hydrogens is 316 g/mol. The van der Waals surface area contributed by atoms with Gasteiger partial charge < -0.3 is 14.8 Å². The number of hydrogen-bond acceptors (Lipinski definition) is 4. The summed E-state index contributed by atoms with van der Waals surface area (Å²) in [6, 6.07) is 8.28. The van der Waals surface area contributed by atoms with Crippen molar-refractivity contribution in [2.45, 2.75) is 25.7 Å². The molecule has 1 aromatic rings. The lowest BCUT2D eigenvalue weighted by Gasteiger charge is -2.31. The van der Waals surface area contributed by atoms with E-state index in [0.29, 0.717) is 18.4 Å². The standard InChI is InChI=1S/C20H30N2O3/c1-24-19-5-3-2-4-18(19)12-16-6-9-22(10-7-16)14-20(23)21-13-17-8-11-25-15-17/h2-5,16-17H,6-15H2,1H3,(H,21,23)/t17-/m0/s1. The number of piperidine rings is 1. The van der Waals surface area contributed by atoms with Crippen molar-refractivity contribution in [3.8, 4) is 5.75 Å². The van der Waals surface area contributed by atoms with Crippen LogP contribution in [0.1, 0.15) is 24.8 Å². The van der Waals surface area contributed by atoms with Gasteiger partial charge in [0.1, 0.15) is 5.75 Å². The quantitative estimate of drug-likeness (QED) is 0.821. The average molecular weight is 346 g/mol. The van der Waals surface area contributed by atoms with Crippen molar-refractivity contribution >= 4 is 5.91 Å². The van der Waals surface area contributed by atoms with Gasteiger partial charge in [0.05, 0.1) is 20.3 Å². The van der Waals surface area contributed by atoms with Crippen molar-refractivity contribution in [3.63, 3.8) is 0 Å². The van der Waals surface area contributed by atoms with Crippen molar-refractivity contribution in [2.24, 2.45) is 11.8 Å². The average Bonchev–Trinajstić information content (AvgIpc) is 3.16. The largest absolute Gasteiger partial charge is 0.496 e. The molecule has 5 nitrogen and oxygen atoms in total. The summed E-state index contributed by atoms with van der Waals surface area (Å²) in [4.78, 5) is 14.4. The Morgan fingerprint density at radius 3 is 2.76 bits per heavy atom. The molecule has 2 aliphatic rings. The summed E-state index contributed by atoms with van der Waals surface area (Å²) in [5.41, 5.74) is 1.29. The van der Waals surface area contributed by atoms with Crippen LogP contribution in [0.5, 0.6) is 5.75 Å². The van der Waals surface area contributed by atoms with Gasteiger partial charge in [0.2, 0.25) is 5.91 Å². The molecule has 0 unspecified atom stereocenters. The summed E-state index contributed by atoms with van der Waals surface area (Å²) < 4.78 is 10.8. The van der Waals surface area contributed by atoms with Crippen LogP contribution < -0.4 is 10.1 Å². The fourth-order valence-electron chi connectivity index (χ4n) is 3.79. The summed E-state index contributed by atoms with van der Waals surface area (Å²) in [5, 5.41) is 3.06. The molecule has 1 atom stereocenters. The minimum Gasteiger partial charge on any atom is -0.496 e. The van der Waals surface area contributed by atoms with E-state index in [-0.39, 0.29) is 5.91 Å². The van der Waals surface area contributed by atoms with E-state index in [2.05, 4.69) is 22.3 Å². The van der Waals surface area contributed by atoms with Crippen LogP contribution in [0.15, 0.2) is 24.3 Å². The summed E-state index contributed by atoms with van der Waals surface area (Å²) in [6.45, 7) is 4.90. The molecule has 0 bridgehead atoms. The second-order valence-electron chi connectivity index (χ2n) is 7.27. The Morgan fingerprint density at radius 1 is 1.24 bits per heavy atom. The first-order chi connectivity index (χ1) is 12.2. The lowest BCUT2D eigenvalue weighted by Crippen LogP contribution is -2.42. The zero-order chi connectivity index (χ0) is 17.5. The van der Waals surface area contributed by atoms with Gasteiger partial charge in [-0.3, -0.25) is 9.69 Å². The van der Waals surface area contributed by atoms with Gasteiger partial charge in [-0.25, -0.2) is 0 Å². The van der Waals surface area contributed by atoms with Gasteiger partial charge in [-0.1, -0.05) is 18.2 Å². The third-order valence-electron chi connectivity index (χ3n) is 5.39. The summed E-state index contributed by atoms with van der Waals surface area (Å²) in [5.74, 6) is 2.30. The van der Waals surface area contributed by atoms with E-state index in [4.69, 9.17) is 9.47 Å². The van der Waals surface area contributed by atoms with Gasteiger partial charge in [-0.2, -0.15) is 0 Å². The second-order valence-corrected chi connectivity index (χ2v) is 7.27. The summed E-state index contributed by atoms with van der Waals surface area (Å²) >= 11 is 0. The number of likely N-dealkylation sites (tertiary alicyclic amines) is 1. The third-order valence-corrected chi connectivity index (χ3v) is 5.39. The maximum Gasteiger partial charge on any atom is 0.234 e. The van der Waals surface area contributed by atoms with Gasteiger partial charge >= 0.3 is 0 Å². The monoisotopic (exact) mass is 346 g/mol. The molecule has 0 saturated carbocycles. The van der Waals surface area contributed by atoms with Crippen LogP contribution in [-0.4, -0.2) is 57.3 Å². The van der Waals surface area contributed by atoms with Crippen molar-refractivity contribution in [1.29, 1.82) is 0 Å². The Labute approximate surface area is 150 Å². The summed E-state index contributed by atoms with van der Waals surface area (Å²) in [7, 11) is 1.73. The maximum absolute atomic E-state index is 12.1. The molecule has 2 heterocycles. The molecule has 0 spiro atoms. The zero-order valence-corrected chi connectivity index (χ0v) is 15.2. The number of carbonyl (C=O) groups is 1. The van der Waals surface area contributed by atoms with Gasteiger partial charge in [-0.05, 0) is 56.3 Å². The van der Waals surface area contributed by atoms with E-state index < -0.39 is 0 Å². The van der Waals surface area contributed by atoms with Gasteiger partial charge in [0.15, 0.2) is 0 Å². The highest BCUT2D eigenvalue weighted by molar-refractivity contribution is 5.78. The molecule has 2 fully saturated rings. The molecule has 0 aromatic heterocycles. The molecule has 1 aromatic carbocycles. The number of amides is 1. The number of hydrogen-bond donors (Lipinski definition) is 1. The van der Waals surface area contributed by atoms with Gasteiger partial charge in [0, 0.05) is 19.1 Å². The van der Waals surface area contributed by atoms with Crippen LogP contribution in [0.2, 0.25) is 0 Å². The third kappa shape index (κ3) is 5.44. The zero-order valence-electron chi connectivity index (χ0n) is 15.2. The first kappa shape index (κ1) is 18.2. The van der Waals surface area contributed by atoms with E-state index in [1.54, 1.807) is 7.11 Å². The molecule has 1 amide bonds. The number of rotatable bonds is 7. The van der Waals surface area contributed by atoms with E-state index in [1.165, 1.54) is 5.56 Å². The van der Waals surface area contributed by atoms with E-state index >= 15 is 0 Å². The summed E-state index contributed by atoms with van der Waals surface area (Å²) in [6.07, 6.45) is 4.41. The lowest BCUT2D eigenvalue weighted by molar-refractivity contribution is -0.122. The topological polar surface area (TPSA) is 50.8 Å². The van der Waals surface area contributed by atoms with E-state index in [0.717, 1.165) is 64.3 Å². The fourth-order valence-corrected chi connectivity index (χ4v) is 3.79. The molecule has 2 saturated heterocycles. The van der Waals surface area contributed by atoms with Crippen molar-refractivity contribution in [1.82, 2.24) is 10.2 Å². The van der Waals surface area contributed by atoms with Gasteiger partial charge in [-0.15, -0.1) is 0 Å². The first-order valence-corrected chi connectivity index (χ1v) is 9.43. The Balaban J connectivity index is 1.37. The highest BCUT2D eigenvalue weighted by atomic mass is 16.5. The van der Waals surface area contributed by atoms with Crippen LogP contribution >= 0.6 is 0 Å². The van der Waals surface area contributed by atoms with E-state index in [1.807, 2.05) is 12.1 Å². The molecule has 138 valence electrons. The van der Waals surface area contributed by atoms with Crippen LogP contribution in [0.25, 0.3) is 0 Å². The predicted octanol–water partition coefficient (Wildman–Crippen LogP) is 2.10. The first-order valence-electron chi connectivity index (χ1n) is 9.43. The number of para-hydroxylation sites is 1.